The molecule has 0 aromatic rings. The molecule has 2 nitrogen and oxygen atoms in total. The lowest BCUT2D eigenvalue weighted by atomic mass is 10.2. The molecule has 0 radical (unpaired) electrons. The molecule has 1 heterocycles. The molecule has 8 heavy (non-hydrogen) atoms. The highest BCUT2D eigenvalue weighted by Gasteiger charge is 2.26. The van der Waals surface area contributed by atoms with Gasteiger partial charge in [-0.05, 0) is 6.42 Å². The van der Waals surface area contributed by atoms with Crippen molar-refractivity contribution in [1.82, 2.24) is 10.4 Å². The summed E-state index contributed by atoms with van der Waals surface area (Å²) >= 11 is 0. The van der Waals surface area contributed by atoms with Crippen molar-refractivity contribution in [3.63, 3.8) is 0 Å². The molecule has 0 aromatic heterocycles. The van der Waals surface area contributed by atoms with Gasteiger partial charge in [0.05, 0.1) is 6.17 Å². The fourth-order valence-electron chi connectivity index (χ4n) is 0.857. The van der Waals surface area contributed by atoms with Crippen LogP contribution in [0.15, 0.2) is 0 Å². The maximum Gasteiger partial charge on any atom is 0.0860 e. The summed E-state index contributed by atoms with van der Waals surface area (Å²) in [5, 5.41) is 2.15. The van der Waals surface area contributed by atoms with Crippen molar-refractivity contribution in [2.45, 2.75) is 32.4 Å². The maximum absolute atomic E-state index is 3.20. The van der Waals surface area contributed by atoms with Gasteiger partial charge in [0.2, 0.25) is 0 Å². The van der Waals surface area contributed by atoms with Crippen molar-refractivity contribution in [3.8, 4) is 0 Å². The normalized spacial score (nSPS) is 35.2. The number of nitrogens with one attached hydrogen (secondary N) is 1. The molecule has 1 saturated heterocycles. The molecule has 0 aromatic carbocycles. The maximum atomic E-state index is 3.20. The van der Waals surface area contributed by atoms with Crippen LogP contribution in [0.25, 0.3) is 0 Å². The smallest absolute Gasteiger partial charge is 0.0860 e. The zero-order chi connectivity index (χ0) is 5.98. The van der Waals surface area contributed by atoms with Gasteiger partial charge < -0.3 is 0 Å². The van der Waals surface area contributed by atoms with E-state index in [0.717, 1.165) is 0 Å². The first kappa shape index (κ1) is 6.05. The molecule has 0 spiro atoms. The topological polar surface area (TPSA) is 25.0 Å². The molecule has 1 aliphatic heterocycles. The minimum Gasteiger partial charge on any atom is -0.235 e. The summed E-state index contributed by atoms with van der Waals surface area (Å²) in [6.45, 7) is 2.22. The molecular formula is C6H14N2. The molecule has 1 N–H and O–H groups in total. The standard InChI is InChI=1S/C6H14N2/c1-3-4-5-6-7-8(6)2/h6-7H,3-5H2,1-2H3. The van der Waals surface area contributed by atoms with E-state index < -0.39 is 0 Å². The Morgan fingerprint density at radius 1 is 1.62 bits per heavy atom. The van der Waals surface area contributed by atoms with Gasteiger partial charge in [-0.2, -0.15) is 0 Å². The monoisotopic (exact) mass is 114 g/mol. The Labute approximate surface area is 50.8 Å². The van der Waals surface area contributed by atoms with Crippen LogP contribution in [0.4, 0.5) is 0 Å². The highest BCUT2D eigenvalue weighted by Crippen LogP contribution is 2.11. The molecule has 2 heteroatoms. The van der Waals surface area contributed by atoms with Gasteiger partial charge in [0.25, 0.3) is 0 Å². The lowest BCUT2D eigenvalue weighted by Gasteiger charge is -1.89. The number of hydrogen-bond acceptors (Lipinski definition) is 2. The molecule has 2 unspecified atom stereocenters. The quantitative estimate of drug-likeness (QED) is 0.553. The van der Waals surface area contributed by atoms with Crippen molar-refractivity contribution in [1.29, 1.82) is 0 Å². The van der Waals surface area contributed by atoms with Crippen LogP contribution in [-0.2, 0) is 0 Å². The van der Waals surface area contributed by atoms with E-state index in [2.05, 4.69) is 24.4 Å². The van der Waals surface area contributed by atoms with E-state index in [1.807, 2.05) is 0 Å². The van der Waals surface area contributed by atoms with Crippen molar-refractivity contribution >= 4 is 0 Å². The van der Waals surface area contributed by atoms with Crippen LogP contribution in [0.3, 0.4) is 0 Å². The van der Waals surface area contributed by atoms with Crippen molar-refractivity contribution in [2.24, 2.45) is 0 Å². The van der Waals surface area contributed by atoms with E-state index in [0.29, 0.717) is 6.17 Å². The molecule has 0 amide bonds. The van der Waals surface area contributed by atoms with Gasteiger partial charge in [0.1, 0.15) is 0 Å². The molecular weight excluding hydrogens is 100 g/mol. The van der Waals surface area contributed by atoms with Gasteiger partial charge in [0, 0.05) is 7.05 Å². The Morgan fingerprint density at radius 2 is 2.25 bits per heavy atom. The zero-order valence-corrected chi connectivity index (χ0v) is 5.65. The average Bonchev–Trinajstić information content (AvgIpc) is 2.42. The summed E-state index contributed by atoms with van der Waals surface area (Å²) in [4.78, 5) is 0. The van der Waals surface area contributed by atoms with Crippen LogP contribution < -0.4 is 5.43 Å². The van der Waals surface area contributed by atoms with Crippen LogP contribution in [0, 0.1) is 0 Å². The van der Waals surface area contributed by atoms with Crippen LogP contribution in [0.5, 0.6) is 0 Å². The van der Waals surface area contributed by atoms with E-state index in [1.165, 1.54) is 19.3 Å². The van der Waals surface area contributed by atoms with Crippen LogP contribution in [-0.4, -0.2) is 18.2 Å². The van der Waals surface area contributed by atoms with E-state index in [4.69, 9.17) is 0 Å². The fraction of sp³-hybridized carbons (Fsp3) is 1.00. The minimum absolute atomic E-state index is 0.704. The predicted molar refractivity (Wildman–Crippen MR) is 34.2 cm³/mol. The van der Waals surface area contributed by atoms with E-state index in [9.17, 15) is 0 Å². The Kier molecular flexibility index (Phi) is 1.86. The lowest BCUT2D eigenvalue weighted by Crippen LogP contribution is -1.92. The van der Waals surface area contributed by atoms with E-state index in [1.54, 1.807) is 0 Å². The molecule has 1 rings (SSSR count). The van der Waals surface area contributed by atoms with Crippen LogP contribution >= 0.6 is 0 Å². The highest BCUT2D eigenvalue weighted by atomic mass is 15.7. The minimum atomic E-state index is 0.704. The van der Waals surface area contributed by atoms with Gasteiger partial charge in [-0.1, -0.05) is 19.8 Å². The van der Waals surface area contributed by atoms with Gasteiger partial charge in [-0.3, -0.25) is 0 Å². The molecule has 1 fully saturated rings. The van der Waals surface area contributed by atoms with Crippen molar-refractivity contribution in [3.05, 3.63) is 0 Å². The Hall–Kier alpha value is -0.0800. The number of rotatable bonds is 3. The molecule has 2 atom stereocenters. The number of unbranched alkanes of at least 4 members (excludes halogenated alkanes) is 1. The van der Waals surface area contributed by atoms with E-state index >= 15 is 0 Å². The second kappa shape index (κ2) is 2.46. The first-order chi connectivity index (χ1) is 3.84. The first-order valence-electron chi connectivity index (χ1n) is 3.33. The third kappa shape index (κ3) is 1.46. The lowest BCUT2D eigenvalue weighted by molar-refractivity contribution is 0.555. The van der Waals surface area contributed by atoms with E-state index in [-0.39, 0.29) is 0 Å². The number of hydrogen-bond donors (Lipinski definition) is 1. The van der Waals surface area contributed by atoms with Gasteiger partial charge in [-0.25, -0.2) is 10.4 Å². The first-order valence-corrected chi connectivity index (χ1v) is 3.33. The molecule has 0 bridgehead atoms. The average molecular weight is 114 g/mol. The summed E-state index contributed by atoms with van der Waals surface area (Å²) in [6, 6.07) is 0. The van der Waals surface area contributed by atoms with Crippen LogP contribution in [0.2, 0.25) is 0 Å². The number of nitrogens with zero attached hydrogens (tertiary/aromatic N) is 1. The third-order valence-electron chi connectivity index (χ3n) is 1.58. The Morgan fingerprint density at radius 3 is 2.62 bits per heavy atom. The zero-order valence-electron chi connectivity index (χ0n) is 5.65. The number of hydrazine groups is 1. The Bertz CT molecular complexity index is 72.9. The predicted octanol–water partition coefficient (Wildman–Crippen LogP) is 0.953. The Balaban J connectivity index is 1.89. The third-order valence-corrected chi connectivity index (χ3v) is 1.58. The van der Waals surface area contributed by atoms with Crippen molar-refractivity contribution < 1.29 is 0 Å². The second-order valence-electron chi connectivity index (χ2n) is 2.40. The highest BCUT2D eigenvalue weighted by molar-refractivity contribution is 4.72. The summed E-state index contributed by atoms with van der Waals surface area (Å²) in [5.41, 5.74) is 3.20. The molecule has 0 aliphatic carbocycles. The molecule has 48 valence electrons. The summed E-state index contributed by atoms with van der Waals surface area (Å²) < 4.78 is 0. The van der Waals surface area contributed by atoms with Gasteiger partial charge in [0.15, 0.2) is 0 Å². The van der Waals surface area contributed by atoms with Gasteiger partial charge in [-0.15, -0.1) is 0 Å². The van der Waals surface area contributed by atoms with Crippen molar-refractivity contribution in [2.75, 3.05) is 7.05 Å². The summed E-state index contributed by atoms with van der Waals surface area (Å²) in [5.74, 6) is 0. The summed E-state index contributed by atoms with van der Waals surface area (Å²) in [6.07, 6.45) is 4.68. The SMILES string of the molecule is CCCCC1NN1C. The largest absolute Gasteiger partial charge is 0.235 e. The second-order valence-corrected chi connectivity index (χ2v) is 2.40. The molecule has 0 saturated carbocycles. The van der Waals surface area contributed by atoms with Gasteiger partial charge >= 0.3 is 0 Å². The summed E-state index contributed by atoms with van der Waals surface area (Å²) in [7, 11) is 2.08. The van der Waals surface area contributed by atoms with Crippen LogP contribution in [0.1, 0.15) is 26.2 Å². The fourth-order valence-corrected chi connectivity index (χ4v) is 0.857. The molecule has 1 aliphatic rings.